The fraction of sp³-hybridized carbons (Fsp3) is 1.00. The lowest BCUT2D eigenvalue weighted by atomic mass is 10.2. The molecule has 92 valence electrons. The molecule has 0 saturated heterocycles. The smallest absolute Gasteiger partial charge is 0.0474 e. The third kappa shape index (κ3) is 10.6. The maximum atomic E-state index is 5.00. The van der Waals surface area contributed by atoms with Crippen molar-refractivity contribution in [3.05, 3.63) is 0 Å². The van der Waals surface area contributed by atoms with Crippen molar-refractivity contribution < 1.29 is 4.74 Å². The van der Waals surface area contributed by atoms with Crippen molar-refractivity contribution in [3.63, 3.8) is 0 Å². The Hall–Kier alpha value is 0.270. The SMILES string of the molecule is CCC(C)CSC(C)CNCCCOC. The van der Waals surface area contributed by atoms with Crippen LogP contribution in [0.1, 0.15) is 33.6 Å². The highest BCUT2D eigenvalue weighted by Crippen LogP contribution is 2.15. The molecule has 0 fully saturated rings. The Labute approximate surface area is 99.5 Å². The largest absolute Gasteiger partial charge is 0.385 e. The first-order valence-electron chi connectivity index (χ1n) is 6.01. The molecule has 0 bridgehead atoms. The van der Waals surface area contributed by atoms with Gasteiger partial charge in [-0.1, -0.05) is 27.2 Å². The van der Waals surface area contributed by atoms with E-state index in [1.165, 1.54) is 12.2 Å². The molecule has 15 heavy (non-hydrogen) atoms. The number of hydrogen-bond acceptors (Lipinski definition) is 3. The fourth-order valence-corrected chi connectivity index (χ4v) is 2.28. The number of thioether (sulfide) groups is 1. The van der Waals surface area contributed by atoms with Crippen molar-refractivity contribution >= 4 is 11.8 Å². The molecule has 0 rings (SSSR count). The van der Waals surface area contributed by atoms with E-state index in [2.05, 4.69) is 37.8 Å². The van der Waals surface area contributed by atoms with E-state index in [4.69, 9.17) is 4.74 Å². The third-order valence-corrected chi connectivity index (χ3v) is 3.99. The van der Waals surface area contributed by atoms with Gasteiger partial charge < -0.3 is 10.1 Å². The van der Waals surface area contributed by atoms with E-state index in [1.807, 2.05) is 0 Å². The summed E-state index contributed by atoms with van der Waals surface area (Å²) in [7, 11) is 1.75. The minimum absolute atomic E-state index is 0.724. The molecule has 0 aromatic rings. The molecule has 0 amide bonds. The molecule has 0 spiro atoms. The Balaban J connectivity index is 3.21. The summed E-state index contributed by atoms with van der Waals surface area (Å²) in [5, 5.41) is 4.18. The summed E-state index contributed by atoms with van der Waals surface area (Å²) < 4.78 is 5.00. The summed E-state index contributed by atoms with van der Waals surface area (Å²) in [6, 6.07) is 0. The first kappa shape index (κ1) is 15.3. The predicted molar refractivity (Wildman–Crippen MR) is 70.7 cm³/mol. The molecular formula is C12H27NOS. The zero-order chi connectivity index (χ0) is 11.5. The molecule has 0 aromatic carbocycles. The van der Waals surface area contributed by atoms with E-state index >= 15 is 0 Å². The second-order valence-electron chi connectivity index (χ2n) is 4.21. The van der Waals surface area contributed by atoms with Crippen LogP contribution in [0.4, 0.5) is 0 Å². The van der Waals surface area contributed by atoms with Crippen LogP contribution in [0.3, 0.4) is 0 Å². The molecule has 3 heteroatoms. The van der Waals surface area contributed by atoms with Gasteiger partial charge in [-0.25, -0.2) is 0 Å². The first-order valence-corrected chi connectivity index (χ1v) is 7.06. The summed E-state index contributed by atoms with van der Waals surface area (Å²) in [6.45, 7) is 9.94. The lowest BCUT2D eigenvalue weighted by Crippen LogP contribution is -2.25. The van der Waals surface area contributed by atoms with Crippen LogP contribution in [0.5, 0.6) is 0 Å². The molecule has 0 radical (unpaired) electrons. The van der Waals surface area contributed by atoms with Crippen molar-refractivity contribution in [2.75, 3.05) is 32.6 Å². The standard InChI is InChI=1S/C12H27NOS/c1-5-11(2)10-15-12(3)9-13-7-6-8-14-4/h11-13H,5-10H2,1-4H3. The lowest BCUT2D eigenvalue weighted by molar-refractivity contribution is 0.194. The Morgan fingerprint density at radius 1 is 1.33 bits per heavy atom. The summed E-state index contributed by atoms with van der Waals surface area (Å²) in [5.74, 6) is 2.14. The van der Waals surface area contributed by atoms with Gasteiger partial charge in [-0.2, -0.15) is 11.8 Å². The molecule has 2 nitrogen and oxygen atoms in total. The van der Waals surface area contributed by atoms with E-state index in [9.17, 15) is 0 Å². The lowest BCUT2D eigenvalue weighted by Gasteiger charge is -2.14. The van der Waals surface area contributed by atoms with Crippen LogP contribution in [0, 0.1) is 5.92 Å². The van der Waals surface area contributed by atoms with Gasteiger partial charge in [-0.15, -0.1) is 0 Å². The summed E-state index contributed by atoms with van der Waals surface area (Å²) in [6.07, 6.45) is 2.40. The fourth-order valence-electron chi connectivity index (χ4n) is 1.15. The second-order valence-corrected chi connectivity index (χ2v) is 5.68. The van der Waals surface area contributed by atoms with Gasteiger partial charge in [0.1, 0.15) is 0 Å². The highest BCUT2D eigenvalue weighted by Gasteiger charge is 2.04. The topological polar surface area (TPSA) is 21.3 Å². The average molecular weight is 233 g/mol. The van der Waals surface area contributed by atoms with Gasteiger partial charge >= 0.3 is 0 Å². The molecule has 0 aliphatic heterocycles. The minimum Gasteiger partial charge on any atom is -0.385 e. The summed E-state index contributed by atoms with van der Waals surface area (Å²) in [5.41, 5.74) is 0. The Morgan fingerprint density at radius 2 is 2.07 bits per heavy atom. The highest BCUT2D eigenvalue weighted by molar-refractivity contribution is 7.99. The van der Waals surface area contributed by atoms with Crippen LogP contribution in [0.25, 0.3) is 0 Å². The van der Waals surface area contributed by atoms with Crippen LogP contribution in [0.2, 0.25) is 0 Å². The van der Waals surface area contributed by atoms with Gasteiger partial charge in [0.25, 0.3) is 0 Å². The molecule has 0 aliphatic rings. The first-order chi connectivity index (χ1) is 7.20. The molecular weight excluding hydrogens is 206 g/mol. The van der Waals surface area contributed by atoms with Crippen molar-refractivity contribution in [1.82, 2.24) is 5.32 Å². The van der Waals surface area contributed by atoms with Crippen LogP contribution in [-0.4, -0.2) is 37.8 Å². The van der Waals surface area contributed by atoms with Crippen LogP contribution in [-0.2, 0) is 4.74 Å². The number of rotatable bonds is 10. The van der Waals surface area contributed by atoms with Crippen molar-refractivity contribution in [2.24, 2.45) is 5.92 Å². The monoisotopic (exact) mass is 233 g/mol. The van der Waals surface area contributed by atoms with Crippen molar-refractivity contribution in [1.29, 1.82) is 0 Å². The Morgan fingerprint density at radius 3 is 2.67 bits per heavy atom. The van der Waals surface area contributed by atoms with Gasteiger partial charge in [0.05, 0.1) is 0 Å². The van der Waals surface area contributed by atoms with Crippen LogP contribution >= 0.6 is 11.8 Å². The summed E-state index contributed by atoms with van der Waals surface area (Å²) in [4.78, 5) is 0. The number of ether oxygens (including phenoxy) is 1. The van der Waals surface area contributed by atoms with Gasteiger partial charge in [0.15, 0.2) is 0 Å². The van der Waals surface area contributed by atoms with E-state index in [0.717, 1.165) is 37.3 Å². The summed E-state index contributed by atoms with van der Waals surface area (Å²) >= 11 is 2.08. The van der Waals surface area contributed by atoms with Gasteiger partial charge in [0.2, 0.25) is 0 Å². The molecule has 0 aromatic heterocycles. The van der Waals surface area contributed by atoms with Crippen LogP contribution in [0.15, 0.2) is 0 Å². The number of methoxy groups -OCH3 is 1. The quantitative estimate of drug-likeness (QED) is 0.586. The highest BCUT2D eigenvalue weighted by atomic mass is 32.2. The van der Waals surface area contributed by atoms with Gasteiger partial charge in [-0.3, -0.25) is 0 Å². The average Bonchev–Trinajstić information content (AvgIpc) is 2.25. The van der Waals surface area contributed by atoms with Crippen molar-refractivity contribution in [2.45, 2.75) is 38.9 Å². The van der Waals surface area contributed by atoms with E-state index in [1.54, 1.807) is 7.11 Å². The zero-order valence-electron chi connectivity index (χ0n) is 10.7. The molecule has 0 saturated carbocycles. The van der Waals surface area contributed by atoms with E-state index in [-0.39, 0.29) is 0 Å². The third-order valence-electron chi connectivity index (χ3n) is 2.50. The maximum absolute atomic E-state index is 5.00. The van der Waals surface area contributed by atoms with Crippen molar-refractivity contribution in [3.8, 4) is 0 Å². The van der Waals surface area contributed by atoms with Gasteiger partial charge in [0, 0.05) is 25.5 Å². The van der Waals surface area contributed by atoms with Crippen LogP contribution < -0.4 is 5.32 Å². The molecule has 0 heterocycles. The molecule has 0 aliphatic carbocycles. The number of hydrogen-bond donors (Lipinski definition) is 1. The van der Waals surface area contributed by atoms with Gasteiger partial charge in [-0.05, 0) is 24.6 Å². The van der Waals surface area contributed by atoms with E-state index in [0.29, 0.717) is 0 Å². The zero-order valence-corrected chi connectivity index (χ0v) is 11.5. The Kier molecular flexibility index (Phi) is 11.0. The molecule has 1 N–H and O–H groups in total. The molecule has 2 unspecified atom stereocenters. The minimum atomic E-state index is 0.724. The maximum Gasteiger partial charge on any atom is 0.0474 e. The molecule has 2 atom stereocenters. The van der Waals surface area contributed by atoms with E-state index < -0.39 is 0 Å². The number of nitrogens with one attached hydrogen (secondary N) is 1. The predicted octanol–water partition coefficient (Wildman–Crippen LogP) is 2.78. The second kappa shape index (κ2) is 10.8. The normalized spacial score (nSPS) is 15.2. The Bertz CT molecular complexity index is 133.